The van der Waals surface area contributed by atoms with Gasteiger partial charge in [0.1, 0.15) is 24.6 Å². The van der Waals surface area contributed by atoms with Crippen LogP contribution in [0.25, 0.3) is 0 Å². The van der Waals surface area contributed by atoms with E-state index in [-0.39, 0.29) is 18.4 Å². The first-order chi connectivity index (χ1) is 19.1. The summed E-state index contributed by atoms with van der Waals surface area (Å²) >= 11 is 0. The van der Waals surface area contributed by atoms with Crippen molar-refractivity contribution in [2.75, 3.05) is 40.5 Å². The summed E-state index contributed by atoms with van der Waals surface area (Å²) in [4.78, 5) is 23.3. The van der Waals surface area contributed by atoms with Crippen LogP contribution in [0.1, 0.15) is 45.6 Å². The molecule has 1 aromatic carbocycles. The van der Waals surface area contributed by atoms with E-state index in [1.807, 2.05) is 37.3 Å². The van der Waals surface area contributed by atoms with Crippen LogP contribution in [-0.4, -0.2) is 78.7 Å². The van der Waals surface area contributed by atoms with E-state index in [1.54, 1.807) is 37.4 Å². The largest absolute Gasteiger partial charge is 0.471 e. The van der Waals surface area contributed by atoms with Gasteiger partial charge in [0.05, 0.1) is 30.2 Å². The highest BCUT2D eigenvalue weighted by atomic mass is 16.5. The van der Waals surface area contributed by atoms with E-state index < -0.39 is 0 Å². The van der Waals surface area contributed by atoms with Crippen molar-refractivity contribution >= 4 is 23.2 Å². The van der Waals surface area contributed by atoms with Gasteiger partial charge in [-0.05, 0) is 18.2 Å². The minimum atomic E-state index is -0.122. The molecular formula is C28H30N6O5. The van der Waals surface area contributed by atoms with E-state index in [9.17, 15) is 4.79 Å². The summed E-state index contributed by atoms with van der Waals surface area (Å²) in [5.74, 6) is 0.907. The fraction of sp³-hybridized carbons (Fsp3) is 0.357. The maximum Gasteiger partial charge on any atom is 0.255 e. The lowest BCUT2D eigenvalue weighted by Crippen LogP contribution is -2.40. The molecule has 0 N–H and O–H groups in total. The third kappa shape index (κ3) is 5.79. The number of aromatic nitrogens is 2. The predicted molar refractivity (Wildman–Crippen MR) is 144 cm³/mol. The number of carbonyl (C=O) groups excluding carboxylic acids is 1. The second-order valence-electron chi connectivity index (χ2n) is 9.11. The van der Waals surface area contributed by atoms with Crippen LogP contribution >= 0.6 is 0 Å². The van der Waals surface area contributed by atoms with Gasteiger partial charge in [-0.3, -0.25) is 14.8 Å². The van der Waals surface area contributed by atoms with Crippen LogP contribution in [0.5, 0.6) is 0 Å². The fourth-order valence-electron chi connectivity index (χ4n) is 4.50. The Kier molecular flexibility index (Phi) is 8.18. The van der Waals surface area contributed by atoms with Gasteiger partial charge in [0.2, 0.25) is 5.90 Å². The lowest BCUT2D eigenvalue weighted by molar-refractivity contribution is 0.0302. The van der Waals surface area contributed by atoms with Gasteiger partial charge in [0.25, 0.3) is 5.91 Å². The van der Waals surface area contributed by atoms with Gasteiger partial charge >= 0.3 is 0 Å². The van der Waals surface area contributed by atoms with E-state index in [1.165, 1.54) is 0 Å². The van der Waals surface area contributed by atoms with E-state index in [0.29, 0.717) is 61.5 Å². The number of morpholine rings is 1. The Balaban J connectivity index is 1.27. The van der Waals surface area contributed by atoms with Crippen LogP contribution in [0.3, 0.4) is 0 Å². The van der Waals surface area contributed by atoms with Crippen LogP contribution in [0, 0.1) is 5.92 Å². The van der Waals surface area contributed by atoms with E-state index in [2.05, 4.69) is 25.3 Å². The van der Waals surface area contributed by atoms with Gasteiger partial charge < -0.3 is 23.6 Å². The molecule has 1 fully saturated rings. The van der Waals surface area contributed by atoms with Gasteiger partial charge in [0, 0.05) is 56.6 Å². The van der Waals surface area contributed by atoms with Crippen molar-refractivity contribution in [2.24, 2.45) is 21.1 Å². The molecule has 5 rings (SSSR count). The Hall–Kier alpha value is -4.22. The minimum absolute atomic E-state index is 0.0448. The number of rotatable bonds is 8. The monoisotopic (exact) mass is 530 g/mol. The molecular weight excluding hydrogens is 500 g/mol. The summed E-state index contributed by atoms with van der Waals surface area (Å²) in [7, 11) is 3.28. The fourth-order valence-corrected chi connectivity index (χ4v) is 4.50. The average molecular weight is 531 g/mol. The maximum absolute atomic E-state index is 12.7. The Morgan fingerprint density at radius 3 is 2.64 bits per heavy atom. The molecule has 1 saturated heterocycles. The number of aliphatic imine (C=N–C) groups is 1. The van der Waals surface area contributed by atoms with E-state index in [0.717, 1.165) is 22.6 Å². The molecule has 11 nitrogen and oxygen atoms in total. The zero-order valence-corrected chi connectivity index (χ0v) is 22.2. The van der Waals surface area contributed by atoms with Crippen molar-refractivity contribution in [1.82, 2.24) is 15.0 Å². The Morgan fingerprint density at radius 1 is 1.10 bits per heavy atom. The predicted octanol–water partition coefficient (Wildman–Crippen LogP) is 3.12. The quantitative estimate of drug-likeness (QED) is 0.324. The number of carbonyl (C=O) groups is 1. The average Bonchev–Trinajstić information content (AvgIpc) is 3.60. The topological polar surface area (TPSA) is 124 Å². The van der Waals surface area contributed by atoms with Gasteiger partial charge in [0.15, 0.2) is 5.76 Å². The number of amides is 1. The molecule has 1 unspecified atom stereocenters. The lowest BCUT2D eigenvalue weighted by Gasteiger charge is -2.26. The number of ether oxygens (including phenoxy) is 3. The van der Waals surface area contributed by atoms with Crippen LogP contribution in [0.15, 0.2) is 68.4 Å². The molecule has 1 atom stereocenters. The number of methoxy groups -OCH3 is 1. The van der Waals surface area contributed by atoms with Crippen LogP contribution in [0.4, 0.5) is 0 Å². The molecule has 0 radical (unpaired) electrons. The third-order valence-electron chi connectivity index (χ3n) is 6.56. The first-order valence-corrected chi connectivity index (χ1v) is 12.7. The Morgan fingerprint density at radius 2 is 1.90 bits per heavy atom. The standard InChI is InChI=1S/C28H30N6O5/c1-18-25(31-32-26(18)24-14-21(17-36-3)39-33-24)22-6-4-5-7-23(22)27(29-2)38-16-20-9-8-19(15-30-20)28(35)34-10-12-37-13-11-34/h4-9,14-15,18H,10-13,16-17H2,1-3H3. The molecule has 0 saturated carbocycles. The second-order valence-corrected chi connectivity index (χ2v) is 9.11. The van der Waals surface area contributed by atoms with E-state index >= 15 is 0 Å². The molecule has 4 heterocycles. The summed E-state index contributed by atoms with van der Waals surface area (Å²) in [6.07, 6.45) is 1.59. The number of hydrogen-bond donors (Lipinski definition) is 0. The number of nitrogens with zero attached hydrogens (tertiary/aromatic N) is 6. The third-order valence-corrected chi connectivity index (χ3v) is 6.56. The SMILES string of the molecule is CN=C(OCc1ccc(C(=O)N2CCOCC2)cn1)c1ccccc1C1=NN=C(c2cc(COC)on2)C1C. The molecule has 39 heavy (non-hydrogen) atoms. The summed E-state index contributed by atoms with van der Waals surface area (Å²) in [6.45, 7) is 4.84. The van der Waals surface area contributed by atoms with Crippen molar-refractivity contribution in [1.29, 1.82) is 0 Å². The molecule has 202 valence electrons. The van der Waals surface area contributed by atoms with Crippen molar-refractivity contribution in [3.05, 3.63) is 82.5 Å². The van der Waals surface area contributed by atoms with Crippen LogP contribution in [-0.2, 0) is 27.4 Å². The Bertz CT molecular complexity index is 1410. The lowest BCUT2D eigenvalue weighted by atomic mass is 9.90. The van der Waals surface area contributed by atoms with Gasteiger partial charge in [-0.25, -0.2) is 0 Å². The van der Waals surface area contributed by atoms with Gasteiger partial charge in [-0.15, -0.1) is 0 Å². The molecule has 0 spiro atoms. The number of benzene rings is 1. The normalized spacial score (nSPS) is 17.7. The van der Waals surface area contributed by atoms with Crippen LogP contribution < -0.4 is 0 Å². The van der Waals surface area contributed by atoms with Crippen molar-refractivity contribution in [3.8, 4) is 0 Å². The summed E-state index contributed by atoms with van der Waals surface area (Å²) in [5, 5.41) is 13.0. The molecule has 0 bridgehead atoms. The van der Waals surface area contributed by atoms with Gasteiger partial charge in [-0.2, -0.15) is 10.2 Å². The first kappa shape index (κ1) is 26.4. The highest BCUT2D eigenvalue weighted by Gasteiger charge is 2.30. The molecule has 11 heteroatoms. The minimum Gasteiger partial charge on any atom is -0.471 e. The maximum atomic E-state index is 12.7. The molecule has 2 aromatic heterocycles. The summed E-state index contributed by atoms with van der Waals surface area (Å²) < 4.78 is 21.9. The number of pyridine rings is 1. The molecule has 2 aliphatic rings. The molecule has 2 aliphatic heterocycles. The van der Waals surface area contributed by atoms with Crippen molar-refractivity contribution in [2.45, 2.75) is 20.1 Å². The van der Waals surface area contributed by atoms with E-state index in [4.69, 9.17) is 18.7 Å². The Labute approximate surface area is 226 Å². The van der Waals surface area contributed by atoms with Crippen molar-refractivity contribution < 1.29 is 23.5 Å². The number of hydrogen-bond acceptors (Lipinski definition) is 10. The second kappa shape index (κ2) is 12.1. The highest BCUT2D eigenvalue weighted by molar-refractivity contribution is 6.24. The zero-order chi connectivity index (χ0) is 27.2. The van der Waals surface area contributed by atoms with Gasteiger partial charge in [-0.1, -0.05) is 30.3 Å². The zero-order valence-electron chi connectivity index (χ0n) is 22.2. The molecule has 1 amide bonds. The summed E-state index contributed by atoms with van der Waals surface area (Å²) in [6, 6.07) is 13.2. The van der Waals surface area contributed by atoms with Crippen LogP contribution in [0.2, 0.25) is 0 Å². The van der Waals surface area contributed by atoms with Crippen molar-refractivity contribution in [3.63, 3.8) is 0 Å². The first-order valence-electron chi connectivity index (χ1n) is 12.7. The smallest absolute Gasteiger partial charge is 0.255 e. The molecule has 0 aliphatic carbocycles. The highest BCUT2D eigenvalue weighted by Crippen LogP contribution is 2.25. The summed E-state index contributed by atoms with van der Waals surface area (Å²) in [5.41, 5.74) is 5.02. The molecule has 3 aromatic rings.